The zero-order valence-corrected chi connectivity index (χ0v) is 13.7. The minimum absolute atomic E-state index is 0.0259. The van der Waals surface area contributed by atoms with Crippen LogP contribution >= 0.6 is 0 Å². The maximum Gasteiger partial charge on any atom is 0.253 e. The van der Waals surface area contributed by atoms with E-state index in [9.17, 15) is 9.90 Å². The van der Waals surface area contributed by atoms with Gasteiger partial charge in [-0.2, -0.15) is 4.98 Å². The molecule has 1 saturated heterocycles. The molecule has 1 atom stereocenters. The van der Waals surface area contributed by atoms with Crippen LogP contribution in [0, 0.1) is 6.92 Å². The van der Waals surface area contributed by atoms with Crippen molar-refractivity contribution in [1.82, 2.24) is 15.0 Å². The second-order valence-corrected chi connectivity index (χ2v) is 6.45. The van der Waals surface area contributed by atoms with Gasteiger partial charge in [0.1, 0.15) is 5.76 Å². The maximum atomic E-state index is 12.7. The van der Waals surface area contributed by atoms with Crippen molar-refractivity contribution in [2.45, 2.75) is 51.6 Å². The Morgan fingerprint density at radius 3 is 2.91 bits per heavy atom. The van der Waals surface area contributed by atoms with E-state index < -0.39 is 5.60 Å². The van der Waals surface area contributed by atoms with Gasteiger partial charge < -0.3 is 19.3 Å². The van der Waals surface area contributed by atoms with Gasteiger partial charge in [0.15, 0.2) is 5.82 Å². The van der Waals surface area contributed by atoms with Crippen LogP contribution in [0.25, 0.3) is 0 Å². The van der Waals surface area contributed by atoms with Crippen LogP contribution in [0.3, 0.4) is 0 Å². The minimum atomic E-state index is -1.02. The smallest absolute Gasteiger partial charge is 0.253 e. The average molecular weight is 321 g/mol. The number of hydrogen-bond donors (Lipinski definition) is 1. The van der Waals surface area contributed by atoms with Crippen LogP contribution in [0.2, 0.25) is 0 Å². The van der Waals surface area contributed by atoms with E-state index in [4.69, 9.17) is 9.26 Å². The topological polar surface area (TPSA) is 88.7 Å². The fourth-order valence-corrected chi connectivity index (χ4v) is 3.31. The van der Waals surface area contributed by atoms with Crippen molar-refractivity contribution in [3.8, 4) is 0 Å². The van der Waals surface area contributed by atoms with E-state index >= 15 is 0 Å². The number of likely N-dealkylation sites (tertiary alicyclic amines) is 1. The normalized spacial score (nSPS) is 25.4. The lowest BCUT2D eigenvalue weighted by Gasteiger charge is -2.39. The van der Waals surface area contributed by atoms with E-state index in [1.165, 1.54) is 0 Å². The molecule has 3 heterocycles. The van der Waals surface area contributed by atoms with Crippen LogP contribution in [-0.2, 0) is 16.0 Å². The number of rotatable bonds is 3. The fraction of sp³-hybridized carbons (Fsp3) is 0.688. The summed E-state index contributed by atoms with van der Waals surface area (Å²) in [6.45, 7) is 5.18. The first-order valence-corrected chi connectivity index (χ1v) is 8.10. The van der Waals surface area contributed by atoms with Crippen molar-refractivity contribution < 1.29 is 19.2 Å². The van der Waals surface area contributed by atoms with E-state index in [1.807, 2.05) is 6.92 Å². The van der Waals surface area contributed by atoms with Crippen molar-refractivity contribution in [1.29, 1.82) is 0 Å². The second kappa shape index (κ2) is 6.31. The molecule has 0 spiro atoms. The summed E-state index contributed by atoms with van der Waals surface area (Å²) < 4.78 is 10.6. The van der Waals surface area contributed by atoms with Crippen LogP contribution in [0.4, 0.5) is 0 Å². The number of β-amino-alcohol motifs (C(OH)–C–C–N with tert-alkyl or cyclic N) is 1. The third-order valence-electron chi connectivity index (χ3n) is 4.47. The van der Waals surface area contributed by atoms with Gasteiger partial charge in [-0.3, -0.25) is 4.79 Å². The monoisotopic (exact) mass is 321 g/mol. The Kier molecular flexibility index (Phi) is 4.39. The summed E-state index contributed by atoms with van der Waals surface area (Å²) >= 11 is 0. The van der Waals surface area contributed by atoms with Crippen LogP contribution in [0.15, 0.2) is 15.9 Å². The van der Waals surface area contributed by atoms with Gasteiger partial charge in [-0.1, -0.05) is 5.16 Å². The van der Waals surface area contributed by atoms with Crippen LogP contribution in [0.1, 0.15) is 44.3 Å². The molecule has 7 nitrogen and oxygen atoms in total. The summed E-state index contributed by atoms with van der Waals surface area (Å²) in [4.78, 5) is 18.6. The number of aryl methyl sites for hydroxylation is 1. The summed E-state index contributed by atoms with van der Waals surface area (Å²) in [6, 6.07) is 0. The lowest BCUT2D eigenvalue weighted by atomic mass is 9.89. The van der Waals surface area contributed by atoms with Gasteiger partial charge in [-0.25, -0.2) is 0 Å². The number of ether oxygens (including phenoxy) is 1. The highest BCUT2D eigenvalue weighted by molar-refractivity contribution is 5.94. The number of allylic oxidation sites excluding steroid dienone is 1. The van der Waals surface area contributed by atoms with E-state index in [1.54, 1.807) is 11.8 Å². The molecule has 0 bridgehead atoms. The number of amides is 1. The molecule has 126 valence electrons. The average Bonchev–Trinajstić information content (AvgIpc) is 2.91. The molecule has 1 fully saturated rings. The predicted molar refractivity (Wildman–Crippen MR) is 81.4 cm³/mol. The molecule has 0 aliphatic carbocycles. The fourth-order valence-electron chi connectivity index (χ4n) is 3.31. The third kappa shape index (κ3) is 3.55. The molecule has 0 aromatic carbocycles. The Balaban J connectivity index is 1.71. The molecule has 2 aliphatic heterocycles. The number of nitrogens with zero attached hydrogens (tertiary/aromatic N) is 3. The molecule has 23 heavy (non-hydrogen) atoms. The van der Waals surface area contributed by atoms with Gasteiger partial charge >= 0.3 is 0 Å². The Hall–Kier alpha value is -1.89. The quantitative estimate of drug-likeness (QED) is 0.904. The zero-order valence-electron chi connectivity index (χ0n) is 13.7. The van der Waals surface area contributed by atoms with Gasteiger partial charge in [-0.05, 0) is 39.5 Å². The molecule has 3 rings (SSSR count). The van der Waals surface area contributed by atoms with Crippen LogP contribution in [0.5, 0.6) is 0 Å². The summed E-state index contributed by atoms with van der Waals surface area (Å²) in [5.41, 5.74) is -0.286. The molecule has 1 unspecified atom stereocenters. The Labute approximate surface area is 135 Å². The standard InChI is InChI=1S/C16H23N3O4/c1-11-13(5-3-8-22-11)15(20)19-7-4-6-16(21,10-19)9-14-17-12(2)18-23-14/h21H,3-10H2,1-2H3. The highest BCUT2D eigenvalue weighted by Gasteiger charge is 2.38. The van der Waals surface area contributed by atoms with Gasteiger partial charge in [0, 0.05) is 6.54 Å². The largest absolute Gasteiger partial charge is 0.498 e. The van der Waals surface area contributed by atoms with Crippen LogP contribution < -0.4 is 0 Å². The first-order chi connectivity index (χ1) is 11.0. The van der Waals surface area contributed by atoms with Crippen LogP contribution in [-0.4, -0.2) is 51.4 Å². The Bertz CT molecular complexity index is 625. The molecular formula is C16H23N3O4. The van der Waals surface area contributed by atoms with Crippen molar-refractivity contribution >= 4 is 5.91 Å². The predicted octanol–water partition coefficient (Wildman–Crippen LogP) is 1.36. The Morgan fingerprint density at radius 1 is 1.39 bits per heavy atom. The molecule has 0 saturated carbocycles. The molecular weight excluding hydrogens is 298 g/mol. The summed E-state index contributed by atoms with van der Waals surface area (Å²) in [6.07, 6.45) is 3.24. The summed E-state index contributed by atoms with van der Waals surface area (Å²) in [5.74, 6) is 1.65. The number of piperidine rings is 1. The van der Waals surface area contributed by atoms with Gasteiger partial charge in [0.25, 0.3) is 5.91 Å². The van der Waals surface area contributed by atoms with Crippen molar-refractivity contribution in [2.75, 3.05) is 19.7 Å². The molecule has 7 heteroatoms. The van der Waals surface area contributed by atoms with E-state index in [0.717, 1.165) is 24.8 Å². The maximum absolute atomic E-state index is 12.7. The SMILES string of the molecule is CC1=C(C(=O)N2CCCC(O)(Cc3nc(C)no3)C2)CCCO1. The summed E-state index contributed by atoms with van der Waals surface area (Å²) in [7, 11) is 0. The van der Waals surface area contributed by atoms with E-state index in [-0.39, 0.29) is 18.9 Å². The number of carbonyl (C=O) groups is 1. The van der Waals surface area contributed by atoms with Crippen molar-refractivity contribution in [3.05, 3.63) is 23.0 Å². The third-order valence-corrected chi connectivity index (χ3v) is 4.47. The van der Waals surface area contributed by atoms with E-state index in [2.05, 4.69) is 10.1 Å². The number of aliphatic hydroxyl groups is 1. The molecule has 2 aliphatic rings. The first kappa shape index (κ1) is 16.0. The molecule has 1 aromatic heterocycles. The van der Waals surface area contributed by atoms with Gasteiger partial charge in [0.05, 0.1) is 30.7 Å². The summed E-state index contributed by atoms with van der Waals surface area (Å²) in [5, 5.41) is 14.6. The lowest BCUT2D eigenvalue weighted by Crippen LogP contribution is -2.52. The number of carbonyl (C=O) groups excluding carboxylic acids is 1. The molecule has 1 aromatic rings. The highest BCUT2D eigenvalue weighted by atomic mass is 16.5. The highest BCUT2D eigenvalue weighted by Crippen LogP contribution is 2.28. The zero-order chi connectivity index (χ0) is 16.4. The Morgan fingerprint density at radius 2 is 2.22 bits per heavy atom. The first-order valence-electron chi connectivity index (χ1n) is 8.10. The molecule has 1 amide bonds. The van der Waals surface area contributed by atoms with Gasteiger partial charge in [-0.15, -0.1) is 0 Å². The number of aromatic nitrogens is 2. The lowest BCUT2D eigenvalue weighted by molar-refractivity contribution is -0.135. The van der Waals surface area contributed by atoms with Gasteiger partial charge in [0.2, 0.25) is 5.89 Å². The molecule has 1 N–H and O–H groups in total. The molecule has 0 radical (unpaired) electrons. The number of hydrogen-bond acceptors (Lipinski definition) is 6. The van der Waals surface area contributed by atoms with Crippen molar-refractivity contribution in [2.24, 2.45) is 0 Å². The van der Waals surface area contributed by atoms with Crippen molar-refractivity contribution in [3.63, 3.8) is 0 Å². The van der Waals surface area contributed by atoms with E-state index in [0.29, 0.717) is 37.0 Å². The minimum Gasteiger partial charge on any atom is -0.498 e. The second-order valence-electron chi connectivity index (χ2n) is 6.45.